The van der Waals surface area contributed by atoms with Crippen LogP contribution in [0.15, 0.2) is 72.8 Å². The fraction of sp³-hybridized carbons (Fsp3) is 0. The van der Waals surface area contributed by atoms with Crippen molar-refractivity contribution in [2.75, 3.05) is 0 Å². The number of benzene rings is 3. The van der Waals surface area contributed by atoms with E-state index in [1.807, 2.05) is 72.8 Å². The third-order valence-corrected chi connectivity index (χ3v) is 3.94. The maximum Gasteiger partial charge on any atom is 0.113 e. The summed E-state index contributed by atoms with van der Waals surface area (Å²) in [6, 6.07) is 23.2. The number of para-hydroxylation sites is 2. The molecule has 4 aromatic rings. The molecule has 0 spiro atoms. The van der Waals surface area contributed by atoms with Crippen LogP contribution in [0, 0.1) is 0 Å². The maximum absolute atomic E-state index is 5.81. The van der Waals surface area contributed by atoms with E-state index in [4.69, 9.17) is 25.7 Å². The van der Waals surface area contributed by atoms with Crippen LogP contribution in [-0.4, -0.2) is 25.7 Å². The first-order valence-corrected chi connectivity index (χ1v) is 7.69. The van der Waals surface area contributed by atoms with E-state index in [1.54, 1.807) is 0 Å². The Hall–Kier alpha value is -2.87. The SMILES string of the molecule is [B]c1ccc(-c2nc3ccccc3nc2-c2ccc([B])cc2)cc1. The van der Waals surface area contributed by atoms with Crippen molar-refractivity contribution >= 4 is 37.7 Å². The second kappa shape index (κ2) is 5.97. The predicted molar refractivity (Wildman–Crippen MR) is 101 cm³/mol. The van der Waals surface area contributed by atoms with Crippen LogP contribution in [0.25, 0.3) is 33.5 Å². The minimum Gasteiger partial charge on any atom is -0.244 e. The molecule has 0 saturated heterocycles. The standard InChI is InChI=1S/C20H12B2N2/c21-15-9-5-13(6-10-15)19-20(14-7-11-16(22)12-8-14)24-18-4-2-1-3-17(18)23-19/h1-12H. The van der Waals surface area contributed by atoms with Gasteiger partial charge in [-0.15, -0.1) is 0 Å². The number of nitrogens with zero attached hydrogens (tertiary/aromatic N) is 2. The van der Waals surface area contributed by atoms with Crippen molar-refractivity contribution in [1.29, 1.82) is 0 Å². The lowest BCUT2D eigenvalue weighted by Gasteiger charge is -2.11. The van der Waals surface area contributed by atoms with Gasteiger partial charge >= 0.3 is 0 Å². The predicted octanol–water partition coefficient (Wildman–Crippen LogP) is 2.55. The van der Waals surface area contributed by atoms with Crippen LogP contribution in [0.5, 0.6) is 0 Å². The highest BCUT2D eigenvalue weighted by Gasteiger charge is 2.12. The van der Waals surface area contributed by atoms with Gasteiger partial charge in [-0.3, -0.25) is 0 Å². The summed E-state index contributed by atoms with van der Waals surface area (Å²) in [6.07, 6.45) is 0. The van der Waals surface area contributed by atoms with Gasteiger partial charge in [0.05, 0.1) is 22.4 Å². The summed E-state index contributed by atoms with van der Waals surface area (Å²) >= 11 is 0. The summed E-state index contributed by atoms with van der Waals surface area (Å²) in [5, 5.41) is 0. The number of hydrogen-bond acceptors (Lipinski definition) is 2. The van der Waals surface area contributed by atoms with Gasteiger partial charge in [-0.2, -0.15) is 0 Å². The number of rotatable bonds is 2. The van der Waals surface area contributed by atoms with Crippen LogP contribution in [0.1, 0.15) is 0 Å². The molecule has 0 aliphatic rings. The molecular weight excluding hydrogens is 290 g/mol. The summed E-state index contributed by atoms with van der Waals surface area (Å²) in [6.45, 7) is 0. The second-order valence-corrected chi connectivity index (χ2v) is 5.65. The molecule has 1 heterocycles. The molecule has 0 saturated carbocycles. The van der Waals surface area contributed by atoms with Crippen molar-refractivity contribution < 1.29 is 0 Å². The van der Waals surface area contributed by atoms with Crippen molar-refractivity contribution in [3.63, 3.8) is 0 Å². The van der Waals surface area contributed by atoms with Crippen molar-refractivity contribution in [3.8, 4) is 22.5 Å². The lowest BCUT2D eigenvalue weighted by molar-refractivity contribution is 1.29. The zero-order valence-electron chi connectivity index (χ0n) is 13.0. The minimum absolute atomic E-state index is 0.724. The molecule has 0 N–H and O–H groups in total. The van der Waals surface area contributed by atoms with Crippen LogP contribution in [0.2, 0.25) is 0 Å². The third-order valence-electron chi connectivity index (χ3n) is 3.94. The number of hydrogen-bond donors (Lipinski definition) is 0. The van der Waals surface area contributed by atoms with Crippen LogP contribution in [0.3, 0.4) is 0 Å². The first-order chi connectivity index (χ1) is 11.7. The van der Waals surface area contributed by atoms with E-state index < -0.39 is 0 Å². The van der Waals surface area contributed by atoms with Crippen LogP contribution in [0.4, 0.5) is 0 Å². The van der Waals surface area contributed by atoms with Gasteiger partial charge in [-0.05, 0) is 12.1 Å². The molecule has 3 aromatic carbocycles. The molecule has 4 rings (SSSR count). The van der Waals surface area contributed by atoms with Crippen molar-refractivity contribution in [2.24, 2.45) is 0 Å². The summed E-state index contributed by atoms with van der Waals surface area (Å²) in [7, 11) is 11.6. The molecular formula is C20H12B2N2. The number of aromatic nitrogens is 2. The van der Waals surface area contributed by atoms with Gasteiger partial charge in [0.1, 0.15) is 15.7 Å². The van der Waals surface area contributed by atoms with Crippen molar-refractivity contribution in [3.05, 3.63) is 72.8 Å². The Morgan fingerprint density at radius 2 is 0.875 bits per heavy atom. The molecule has 0 aliphatic heterocycles. The highest BCUT2D eigenvalue weighted by atomic mass is 14.8. The van der Waals surface area contributed by atoms with Crippen LogP contribution >= 0.6 is 0 Å². The summed E-state index contributed by atoms with van der Waals surface area (Å²) in [5.74, 6) is 0. The highest BCUT2D eigenvalue weighted by Crippen LogP contribution is 2.30. The number of fused-ring (bicyclic) bond motifs is 1. The molecule has 0 unspecified atom stereocenters. The summed E-state index contributed by atoms with van der Waals surface area (Å²) in [4.78, 5) is 9.68. The molecule has 0 amide bonds. The quantitative estimate of drug-likeness (QED) is 0.532. The third kappa shape index (κ3) is 2.71. The fourth-order valence-corrected chi connectivity index (χ4v) is 2.68. The van der Waals surface area contributed by atoms with E-state index in [0.29, 0.717) is 0 Å². The van der Waals surface area contributed by atoms with Gasteiger partial charge < -0.3 is 0 Å². The van der Waals surface area contributed by atoms with E-state index in [-0.39, 0.29) is 0 Å². The van der Waals surface area contributed by atoms with Gasteiger partial charge in [0, 0.05) is 11.1 Å². The second-order valence-electron chi connectivity index (χ2n) is 5.65. The van der Waals surface area contributed by atoms with Gasteiger partial charge in [0.15, 0.2) is 0 Å². The Balaban J connectivity index is 2.00. The molecule has 2 nitrogen and oxygen atoms in total. The van der Waals surface area contributed by atoms with Crippen molar-refractivity contribution in [1.82, 2.24) is 9.97 Å². The molecule has 108 valence electrons. The van der Waals surface area contributed by atoms with Crippen LogP contribution in [-0.2, 0) is 0 Å². The minimum atomic E-state index is 0.724. The van der Waals surface area contributed by atoms with Crippen LogP contribution < -0.4 is 10.9 Å². The van der Waals surface area contributed by atoms with E-state index in [0.717, 1.165) is 44.5 Å². The van der Waals surface area contributed by atoms with E-state index in [2.05, 4.69) is 0 Å². The average molecular weight is 302 g/mol. The molecule has 0 fully saturated rings. The Morgan fingerprint density at radius 3 is 1.25 bits per heavy atom. The average Bonchev–Trinajstić information content (AvgIpc) is 2.62. The molecule has 0 aliphatic carbocycles. The summed E-state index contributed by atoms with van der Waals surface area (Å²) in [5.41, 5.74) is 6.80. The van der Waals surface area contributed by atoms with E-state index in [9.17, 15) is 0 Å². The highest BCUT2D eigenvalue weighted by molar-refractivity contribution is 6.32. The van der Waals surface area contributed by atoms with E-state index >= 15 is 0 Å². The molecule has 4 heteroatoms. The topological polar surface area (TPSA) is 25.8 Å². The van der Waals surface area contributed by atoms with Gasteiger partial charge in [0.25, 0.3) is 0 Å². The molecule has 1 aromatic heterocycles. The Bertz CT molecular complexity index is 926. The first-order valence-electron chi connectivity index (χ1n) is 7.69. The van der Waals surface area contributed by atoms with Gasteiger partial charge in [0.2, 0.25) is 0 Å². The Kier molecular flexibility index (Phi) is 3.66. The summed E-state index contributed by atoms with van der Waals surface area (Å²) < 4.78 is 0. The lowest BCUT2D eigenvalue weighted by Crippen LogP contribution is -2.02. The van der Waals surface area contributed by atoms with Gasteiger partial charge in [-0.1, -0.05) is 71.6 Å². The zero-order valence-corrected chi connectivity index (χ0v) is 13.0. The molecule has 4 radical (unpaired) electrons. The van der Waals surface area contributed by atoms with E-state index in [1.165, 1.54) is 0 Å². The lowest BCUT2D eigenvalue weighted by atomic mass is 9.92. The smallest absolute Gasteiger partial charge is 0.113 e. The Morgan fingerprint density at radius 1 is 0.500 bits per heavy atom. The van der Waals surface area contributed by atoms with Gasteiger partial charge in [-0.25, -0.2) is 9.97 Å². The maximum atomic E-state index is 5.81. The van der Waals surface area contributed by atoms with Crippen molar-refractivity contribution in [2.45, 2.75) is 0 Å². The Labute approximate surface area is 143 Å². The largest absolute Gasteiger partial charge is 0.244 e. The first kappa shape index (κ1) is 14.7. The normalized spacial score (nSPS) is 10.8. The molecule has 0 bridgehead atoms. The zero-order chi connectivity index (χ0) is 16.5. The molecule has 24 heavy (non-hydrogen) atoms. The monoisotopic (exact) mass is 302 g/mol. The molecule has 0 atom stereocenters. The fourth-order valence-electron chi connectivity index (χ4n) is 2.68.